The summed E-state index contributed by atoms with van der Waals surface area (Å²) in [5.74, 6) is 0. The average molecular weight is 363 g/mol. The molecule has 1 aromatic carbocycles. The average Bonchev–Trinajstić information content (AvgIpc) is 2.51. The molecule has 0 saturated heterocycles. The Kier molecular flexibility index (Phi) is 5.81. The van der Waals surface area contributed by atoms with E-state index in [2.05, 4.69) is 4.98 Å². The molecule has 0 aliphatic carbocycles. The molecule has 2 N–H and O–H groups in total. The van der Waals surface area contributed by atoms with Crippen molar-refractivity contribution in [2.75, 3.05) is 0 Å². The molecule has 0 aliphatic rings. The van der Waals surface area contributed by atoms with E-state index < -0.39 is 6.10 Å². The Bertz CT molecular complexity index is 765. The molecule has 0 spiro atoms. The first kappa shape index (κ1) is 18.7. The zero-order valence-corrected chi connectivity index (χ0v) is 15.4. The van der Waals surface area contributed by atoms with E-state index in [-0.39, 0.29) is 11.1 Å². The Balaban J connectivity index is 2.51. The van der Waals surface area contributed by atoms with Crippen LogP contribution in [-0.4, -0.2) is 15.8 Å². The van der Waals surface area contributed by atoms with Gasteiger partial charge in [-0.05, 0) is 29.7 Å². The van der Waals surface area contributed by atoms with Crippen LogP contribution < -0.4 is 0 Å². The lowest BCUT2D eigenvalue weighted by molar-refractivity contribution is 0.219. The first-order valence-electron chi connectivity index (χ1n) is 7.54. The molecule has 5 heteroatoms. The number of hydrogen-bond donors (Lipinski definition) is 2. The van der Waals surface area contributed by atoms with E-state index in [0.717, 1.165) is 0 Å². The van der Waals surface area contributed by atoms with Gasteiger partial charge in [0.25, 0.3) is 0 Å². The zero-order valence-electron chi connectivity index (χ0n) is 13.8. The second-order valence-corrected chi connectivity index (χ2v) is 7.50. The maximum atomic E-state index is 10.8. The quantitative estimate of drug-likeness (QED) is 0.709. The zero-order chi connectivity index (χ0) is 17.9. The van der Waals surface area contributed by atoms with E-state index in [9.17, 15) is 5.11 Å². The summed E-state index contributed by atoms with van der Waals surface area (Å²) in [6, 6.07) is 8.51. The standard InChI is InChI=1S/C19H20Cl2N2O/c1-19(2,3)10-15(18(24)12-5-4-8-23-11-12)17(22)14-7-6-13(20)9-16(14)21/h4-11,18,22,24H,1-3H3. The van der Waals surface area contributed by atoms with Crippen LogP contribution in [0.4, 0.5) is 0 Å². The summed E-state index contributed by atoms with van der Waals surface area (Å²) in [6.45, 7) is 6.04. The predicted molar refractivity (Wildman–Crippen MR) is 100 cm³/mol. The van der Waals surface area contributed by atoms with Gasteiger partial charge in [0.15, 0.2) is 0 Å². The summed E-state index contributed by atoms with van der Waals surface area (Å²) in [4.78, 5) is 4.04. The highest BCUT2D eigenvalue weighted by Gasteiger charge is 2.23. The first-order chi connectivity index (χ1) is 11.2. The molecule has 0 aliphatic heterocycles. The smallest absolute Gasteiger partial charge is 0.107 e. The van der Waals surface area contributed by atoms with Crippen LogP contribution in [0.1, 0.15) is 38.0 Å². The Morgan fingerprint density at radius 1 is 1.25 bits per heavy atom. The van der Waals surface area contributed by atoms with Crippen molar-refractivity contribution in [3.8, 4) is 0 Å². The lowest BCUT2D eigenvalue weighted by Gasteiger charge is -2.22. The summed E-state index contributed by atoms with van der Waals surface area (Å²) in [6.07, 6.45) is 4.16. The molecule has 1 atom stereocenters. The van der Waals surface area contributed by atoms with Crippen molar-refractivity contribution in [2.24, 2.45) is 5.41 Å². The minimum atomic E-state index is -0.961. The highest BCUT2D eigenvalue weighted by atomic mass is 35.5. The van der Waals surface area contributed by atoms with Gasteiger partial charge in [-0.2, -0.15) is 0 Å². The van der Waals surface area contributed by atoms with Gasteiger partial charge in [-0.3, -0.25) is 10.4 Å². The number of rotatable bonds is 4. The van der Waals surface area contributed by atoms with Gasteiger partial charge in [0.05, 0.1) is 10.7 Å². The molecule has 0 saturated carbocycles. The Morgan fingerprint density at radius 3 is 2.50 bits per heavy atom. The number of aliphatic hydroxyl groups excluding tert-OH is 1. The molecule has 0 amide bonds. The van der Waals surface area contributed by atoms with Crippen molar-refractivity contribution in [1.29, 1.82) is 5.41 Å². The lowest BCUT2D eigenvalue weighted by atomic mass is 9.86. The van der Waals surface area contributed by atoms with Crippen LogP contribution in [0.5, 0.6) is 0 Å². The van der Waals surface area contributed by atoms with Crippen LogP contribution in [0.3, 0.4) is 0 Å². The fraction of sp³-hybridized carbons (Fsp3) is 0.263. The van der Waals surface area contributed by atoms with E-state index in [1.807, 2.05) is 26.8 Å². The minimum Gasteiger partial charge on any atom is -0.384 e. The van der Waals surface area contributed by atoms with E-state index >= 15 is 0 Å². The number of halogens is 2. The van der Waals surface area contributed by atoms with Gasteiger partial charge >= 0.3 is 0 Å². The third-order valence-corrected chi connectivity index (χ3v) is 3.92. The molecular weight excluding hydrogens is 343 g/mol. The third-order valence-electron chi connectivity index (χ3n) is 3.37. The Morgan fingerprint density at radius 2 is 1.96 bits per heavy atom. The van der Waals surface area contributed by atoms with Gasteiger partial charge in [0.1, 0.15) is 6.10 Å². The van der Waals surface area contributed by atoms with Gasteiger partial charge < -0.3 is 5.11 Å². The van der Waals surface area contributed by atoms with Crippen LogP contribution in [0.25, 0.3) is 0 Å². The topological polar surface area (TPSA) is 57.0 Å². The monoisotopic (exact) mass is 362 g/mol. The van der Waals surface area contributed by atoms with Crippen LogP contribution in [0.2, 0.25) is 10.0 Å². The summed E-state index contributed by atoms with van der Waals surface area (Å²) in [5.41, 5.74) is 1.59. The molecule has 2 rings (SSSR count). The molecule has 0 radical (unpaired) electrons. The summed E-state index contributed by atoms with van der Waals surface area (Å²) in [5, 5.41) is 20.3. The summed E-state index contributed by atoms with van der Waals surface area (Å²) in [7, 11) is 0. The number of aliphatic hydroxyl groups is 1. The molecule has 0 bridgehead atoms. The number of allylic oxidation sites excluding steroid dienone is 1. The highest BCUT2D eigenvalue weighted by molar-refractivity contribution is 6.37. The van der Waals surface area contributed by atoms with Crippen LogP contribution in [-0.2, 0) is 0 Å². The van der Waals surface area contributed by atoms with Crippen LogP contribution in [0.15, 0.2) is 54.4 Å². The van der Waals surface area contributed by atoms with Gasteiger partial charge in [-0.1, -0.05) is 56.1 Å². The van der Waals surface area contributed by atoms with Crippen molar-refractivity contribution in [3.05, 3.63) is 75.5 Å². The van der Waals surface area contributed by atoms with E-state index in [4.69, 9.17) is 28.6 Å². The number of aromatic nitrogens is 1. The molecule has 0 fully saturated rings. The van der Waals surface area contributed by atoms with Crippen LogP contribution in [0, 0.1) is 10.8 Å². The van der Waals surface area contributed by atoms with E-state index in [1.54, 1.807) is 42.7 Å². The number of benzene rings is 1. The number of nitrogens with zero attached hydrogens (tertiary/aromatic N) is 1. The fourth-order valence-electron chi connectivity index (χ4n) is 2.32. The number of nitrogens with one attached hydrogen (secondary N) is 1. The second-order valence-electron chi connectivity index (χ2n) is 6.65. The van der Waals surface area contributed by atoms with Gasteiger partial charge in [0.2, 0.25) is 0 Å². The largest absolute Gasteiger partial charge is 0.384 e. The fourth-order valence-corrected chi connectivity index (χ4v) is 2.82. The van der Waals surface area contributed by atoms with Gasteiger partial charge in [-0.25, -0.2) is 0 Å². The van der Waals surface area contributed by atoms with E-state index in [1.165, 1.54) is 0 Å². The normalized spacial score (nSPS) is 13.7. The maximum Gasteiger partial charge on any atom is 0.107 e. The second kappa shape index (κ2) is 7.47. The first-order valence-corrected chi connectivity index (χ1v) is 8.30. The minimum absolute atomic E-state index is 0.169. The summed E-state index contributed by atoms with van der Waals surface area (Å²) < 4.78 is 0. The SMILES string of the molecule is CC(C)(C)C=C(C(=N)c1ccc(Cl)cc1Cl)C(O)c1cccnc1. The molecule has 1 unspecified atom stereocenters. The van der Waals surface area contributed by atoms with Crippen molar-refractivity contribution in [2.45, 2.75) is 26.9 Å². The maximum absolute atomic E-state index is 10.8. The molecule has 1 heterocycles. The van der Waals surface area contributed by atoms with Crippen molar-refractivity contribution in [3.63, 3.8) is 0 Å². The summed E-state index contributed by atoms with van der Waals surface area (Å²) >= 11 is 12.2. The molecule has 126 valence electrons. The van der Waals surface area contributed by atoms with Gasteiger partial charge in [0, 0.05) is 34.1 Å². The van der Waals surface area contributed by atoms with Crippen molar-refractivity contribution >= 4 is 28.9 Å². The Hall–Kier alpha value is -1.68. The van der Waals surface area contributed by atoms with Gasteiger partial charge in [-0.15, -0.1) is 0 Å². The molecule has 2 aromatic rings. The molecule has 3 nitrogen and oxygen atoms in total. The number of pyridine rings is 1. The predicted octanol–water partition coefficient (Wildman–Crippen LogP) is 5.46. The number of hydrogen-bond acceptors (Lipinski definition) is 3. The highest BCUT2D eigenvalue weighted by Crippen LogP contribution is 2.31. The third kappa shape index (κ3) is 4.67. The van der Waals surface area contributed by atoms with E-state index in [0.29, 0.717) is 26.7 Å². The molecular formula is C19H20Cl2N2O. The lowest BCUT2D eigenvalue weighted by Crippen LogP contribution is -2.16. The molecule has 24 heavy (non-hydrogen) atoms. The molecule has 1 aromatic heterocycles. The van der Waals surface area contributed by atoms with Crippen molar-refractivity contribution in [1.82, 2.24) is 4.98 Å². The van der Waals surface area contributed by atoms with Crippen LogP contribution >= 0.6 is 23.2 Å². The Labute approximate surface area is 152 Å². The van der Waals surface area contributed by atoms with Crippen molar-refractivity contribution < 1.29 is 5.11 Å².